The van der Waals surface area contributed by atoms with Gasteiger partial charge in [0, 0.05) is 12.1 Å². The highest BCUT2D eigenvalue weighted by Gasteiger charge is 2.29. The molecular formula is C35H46BNO3. The average Bonchev–Trinajstić information content (AvgIpc) is 3.02. The first-order chi connectivity index (χ1) is 19.6. The number of benzene rings is 3. The summed E-state index contributed by atoms with van der Waals surface area (Å²) in [5.74, 6) is 2.65. The molecule has 0 bridgehead atoms. The van der Waals surface area contributed by atoms with Gasteiger partial charge in [-0.2, -0.15) is 22.7 Å². The lowest BCUT2D eigenvalue weighted by Gasteiger charge is -2.43. The molecule has 0 aliphatic heterocycles. The summed E-state index contributed by atoms with van der Waals surface area (Å²) in [6.45, 7) is 2.27. The number of hydrogen-bond donors (Lipinski definition) is 0. The molecule has 5 heteroatoms. The predicted octanol–water partition coefficient (Wildman–Crippen LogP) is 6.05. The number of unbranched alkanes of at least 4 members (excludes halogenated alkanes) is 5. The number of rotatable bonds is 13. The largest absolute Gasteiger partial charge is 0.497 e. The Bertz CT molecular complexity index is 1110. The van der Waals surface area contributed by atoms with Crippen LogP contribution in [0.15, 0.2) is 103 Å². The van der Waals surface area contributed by atoms with Crippen molar-refractivity contribution in [3.8, 4) is 17.2 Å². The summed E-state index contributed by atoms with van der Waals surface area (Å²) in [6.07, 6.45) is 11.6. The molecule has 0 aliphatic rings. The Balaban J connectivity index is 0.000000547. The standard InChI is InChI=1S/C29H38BO3.C6H8N/c1-5-6-7-8-9-10-23-30(24-11-17-27(31-2)18-12-24,25-13-19-28(32-3)20-14-25)26-15-21-29(33-4)22-16-26;1-7-5-3-2-4-6-7/h11-22H,5-10,23H2,1-4H3;2-6H,1H3/q-1;+1. The van der Waals surface area contributed by atoms with Crippen molar-refractivity contribution in [2.24, 2.45) is 7.05 Å². The second-order valence-electron chi connectivity index (χ2n) is 10.5. The van der Waals surface area contributed by atoms with E-state index in [-0.39, 0.29) is 0 Å². The Kier molecular flexibility index (Phi) is 12.6. The number of hydrogen-bond acceptors (Lipinski definition) is 3. The zero-order valence-electron chi connectivity index (χ0n) is 25.0. The maximum absolute atomic E-state index is 5.46. The molecule has 0 unspecified atom stereocenters. The fourth-order valence-electron chi connectivity index (χ4n) is 5.59. The second kappa shape index (κ2) is 16.4. The third kappa shape index (κ3) is 8.39. The van der Waals surface area contributed by atoms with Crippen molar-refractivity contribution in [3.05, 3.63) is 103 Å². The minimum atomic E-state index is -1.17. The Morgan fingerprint density at radius 2 is 0.900 bits per heavy atom. The zero-order chi connectivity index (χ0) is 28.6. The van der Waals surface area contributed by atoms with E-state index in [9.17, 15) is 0 Å². The minimum Gasteiger partial charge on any atom is -0.497 e. The predicted molar refractivity (Wildman–Crippen MR) is 169 cm³/mol. The highest BCUT2D eigenvalue weighted by atomic mass is 16.5. The number of methoxy groups -OCH3 is 3. The number of ether oxygens (including phenoxy) is 3. The van der Waals surface area contributed by atoms with Crippen molar-refractivity contribution in [3.63, 3.8) is 0 Å². The van der Waals surface area contributed by atoms with Crippen LogP contribution in [0, 0.1) is 0 Å². The van der Waals surface area contributed by atoms with Gasteiger partial charge in [0.05, 0.1) is 27.5 Å². The summed E-state index contributed by atoms with van der Waals surface area (Å²) in [6, 6.07) is 31.9. The fraction of sp³-hybridized carbons (Fsp3) is 0.343. The molecule has 0 N–H and O–H groups in total. The summed E-state index contributed by atoms with van der Waals surface area (Å²) in [5.41, 5.74) is 4.00. The lowest BCUT2D eigenvalue weighted by atomic mass is 9.14. The third-order valence-corrected chi connectivity index (χ3v) is 7.91. The topological polar surface area (TPSA) is 31.6 Å². The molecule has 0 saturated carbocycles. The molecule has 1 aromatic heterocycles. The van der Waals surface area contributed by atoms with E-state index in [0.29, 0.717) is 0 Å². The van der Waals surface area contributed by atoms with Gasteiger partial charge >= 0.3 is 0 Å². The number of aryl methyl sites for hydroxylation is 1. The van der Waals surface area contributed by atoms with E-state index in [1.165, 1.54) is 54.9 Å². The van der Waals surface area contributed by atoms with E-state index in [1.54, 1.807) is 21.3 Å². The van der Waals surface area contributed by atoms with Crippen molar-refractivity contribution in [1.82, 2.24) is 0 Å². The number of aromatic nitrogens is 1. The van der Waals surface area contributed by atoms with Crippen LogP contribution in [-0.2, 0) is 7.05 Å². The maximum atomic E-state index is 5.46. The first kappa shape index (κ1) is 30.8. The Labute approximate surface area is 241 Å². The van der Waals surface area contributed by atoms with Crippen molar-refractivity contribution in [2.75, 3.05) is 21.3 Å². The summed E-state index contributed by atoms with van der Waals surface area (Å²) >= 11 is 0. The molecule has 212 valence electrons. The van der Waals surface area contributed by atoms with Crippen LogP contribution in [0.3, 0.4) is 0 Å². The smallest absolute Gasteiger partial charge is 0.168 e. The summed E-state index contributed by atoms with van der Waals surface area (Å²) in [4.78, 5) is 0. The van der Waals surface area contributed by atoms with Gasteiger partial charge in [0.15, 0.2) is 12.4 Å². The van der Waals surface area contributed by atoms with Gasteiger partial charge in [0.1, 0.15) is 24.3 Å². The molecule has 4 nitrogen and oxygen atoms in total. The maximum Gasteiger partial charge on any atom is 0.168 e. The summed E-state index contributed by atoms with van der Waals surface area (Å²) in [5, 5.41) is 0. The molecule has 0 fully saturated rings. The highest BCUT2D eigenvalue weighted by molar-refractivity contribution is 7.11. The molecule has 3 aromatic carbocycles. The van der Waals surface area contributed by atoms with Gasteiger partial charge in [0.25, 0.3) is 0 Å². The van der Waals surface area contributed by atoms with Crippen molar-refractivity contribution >= 4 is 22.5 Å². The lowest BCUT2D eigenvalue weighted by molar-refractivity contribution is -0.671. The first-order valence-corrected chi connectivity index (χ1v) is 14.6. The molecule has 0 amide bonds. The van der Waals surface area contributed by atoms with Crippen LogP contribution < -0.4 is 35.2 Å². The number of pyridine rings is 1. The molecule has 1 heterocycles. The monoisotopic (exact) mass is 539 g/mol. The quantitative estimate of drug-likeness (QED) is 0.118. The minimum absolute atomic E-state index is 0.882. The van der Waals surface area contributed by atoms with Crippen LogP contribution in [-0.4, -0.2) is 27.5 Å². The van der Waals surface area contributed by atoms with E-state index >= 15 is 0 Å². The van der Waals surface area contributed by atoms with Gasteiger partial charge in [-0.1, -0.05) is 87.9 Å². The lowest BCUT2D eigenvalue weighted by Crippen LogP contribution is -2.66. The summed E-state index contributed by atoms with van der Waals surface area (Å²) < 4.78 is 18.4. The fourth-order valence-corrected chi connectivity index (χ4v) is 5.59. The third-order valence-electron chi connectivity index (χ3n) is 7.91. The van der Waals surface area contributed by atoms with Crippen LogP contribution >= 0.6 is 0 Å². The molecule has 40 heavy (non-hydrogen) atoms. The normalized spacial score (nSPS) is 10.8. The Hall–Kier alpha value is -3.73. The van der Waals surface area contributed by atoms with E-state index in [2.05, 4.69) is 79.7 Å². The molecule has 4 aromatic rings. The molecule has 0 saturated heterocycles. The van der Waals surface area contributed by atoms with E-state index in [4.69, 9.17) is 14.2 Å². The Morgan fingerprint density at radius 1 is 0.525 bits per heavy atom. The van der Waals surface area contributed by atoms with Crippen LogP contribution in [0.25, 0.3) is 0 Å². The van der Waals surface area contributed by atoms with E-state index in [0.717, 1.165) is 23.6 Å². The van der Waals surface area contributed by atoms with Gasteiger partial charge in [-0.25, -0.2) is 4.57 Å². The molecule has 0 radical (unpaired) electrons. The zero-order valence-corrected chi connectivity index (χ0v) is 25.0. The van der Waals surface area contributed by atoms with Crippen LogP contribution in [0.2, 0.25) is 6.32 Å². The average molecular weight is 540 g/mol. The Morgan fingerprint density at radius 3 is 1.23 bits per heavy atom. The molecule has 0 aliphatic carbocycles. The SMILES string of the molecule is CCCCCCCC[B-](c1ccc(OC)cc1)(c1ccc(OC)cc1)c1ccc(OC)cc1.C[n+]1ccccc1. The van der Waals surface area contributed by atoms with Gasteiger partial charge in [-0.05, 0) is 36.4 Å². The first-order valence-electron chi connectivity index (χ1n) is 14.6. The van der Waals surface area contributed by atoms with Crippen molar-refractivity contribution in [2.45, 2.75) is 51.8 Å². The van der Waals surface area contributed by atoms with Crippen molar-refractivity contribution in [1.29, 1.82) is 0 Å². The molecular weight excluding hydrogens is 493 g/mol. The highest BCUT2D eigenvalue weighted by Crippen LogP contribution is 2.22. The van der Waals surface area contributed by atoms with Gasteiger partial charge < -0.3 is 14.2 Å². The summed E-state index contributed by atoms with van der Waals surface area (Å²) in [7, 11) is 7.16. The van der Waals surface area contributed by atoms with Crippen LogP contribution in [0.1, 0.15) is 45.4 Å². The van der Waals surface area contributed by atoms with E-state index < -0.39 is 6.15 Å². The van der Waals surface area contributed by atoms with Crippen LogP contribution in [0.4, 0.5) is 0 Å². The van der Waals surface area contributed by atoms with Gasteiger partial charge in [0.2, 0.25) is 0 Å². The van der Waals surface area contributed by atoms with Crippen LogP contribution in [0.5, 0.6) is 17.2 Å². The number of nitrogens with zero attached hydrogens (tertiary/aromatic N) is 1. The van der Waals surface area contributed by atoms with Gasteiger partial charge in [-0.3, -0.25) is 0 Å². The second-order valence-corrected chi connectivity index (χ2v) is 10.5. The molecule has 4 rings (SSSR count). The van der Waals surface area contributed by atoms with E-state index in [1.807, 2.05) is 42.2 Å². The molecule has 0 atom stereocenters. The molecule has 0 spiro atoms. The van der Waals surface area contributed by atoms with Gasteiger partial charge in [-0.15, -0.1) is 0 Å². The van der Waals surface area contributed by atoms with Crippen molar-refractivity contribution < 1.29 is 18.8 Å².